The Hall–Kier alpha value is -4.67. The second kappa shape index (κ2) is 10.1. The molecule has 2 fully saturated rings. The number of alkyl halides is 3. The molecule has 0 bridgehead atoms. The topological polar surface area (TPSA) is 119 Å². The third kappa shape index (κ3) is 4.71. The number of nitrogens with one attached hydrogen (secondary N) is 2. The molecule has 2 saturated heterocycles. The molecule has 6 heterocycles. The highest BCUT2D eigenvalue weighted by molar-refractivity contribution is 5.93. The van der Waals surface area contributed by atoms with Gasteiger partial charge >= 0.3 is 12.2 Å². The highest BCUT2D eigenvalue weighted by Crippen LogP contribution is 2.45. The van der Waals surface area contributed by atoms with Crippen LogP contribution in [-0.4, -0.2) is 61.8 Å². The lowest BCUT2D eigenvalue weighted by molar-refractivity contribution is -0.136. The van der Waals surface area contributed by atoms with Crippen molar-refractivity contribution in [2.24, 2.45) is 0 Å². The van der Waals surface area contributed by atoms with E-state index in [1.54, 1.807) is 18.5 Å². The van der Waals surface area contributed by atoms with Crippen LogP contribution in [0.4, 0.5) is 33.9 Å². The third-order valence-electron chi connectivity index (χ3n) is 7.70. The maximum Gasteiger partial charge on any atom is 0.421 e. The van der Waals surface area contributed by atoms with Gasteiger partial charge < -0.3 is 14.8 Å². The first-order valence-electron chi connectivity index (χ1n) is 13.1. The van der Waals surface area contributed by atoms with E-state index in [1.165, 1.54) is 32.9 Å². The SMILES string of the molecule is N#CCC1(n2cc(-c3c(F)cnc4[nH]ccc34)cn2)CN(c2ccnc(NC(=O)N3CCCCC3)c2C(F)(F)F)C1. The zero-order chi connectivity index (χ0) is 28.8. The van der Waals surface area contributed by atoms with Crippen LogP contribution >= 0.6 is 0 Å². The smallest absolute Gasteiger partial charge is 0.366 e. The number of aromatic nitrogens is 5. The van der Waals surface area contributed by atoms with Gasteiger partial charge in [0.25, 0.3) is 0 Å². The van der Waals surface area contributed by atoms with Gasteiger partial charge in [-0.15, -0.1) is 0 Å². The van der Waals surface area contributed by atoms with Crippen molar-refractivity contribution in [3.63, 3.8) is 0 Å². The molecule has 2 N–H and O–H groups in total. The van der Waals surface area contributed by atoms with E-state index in [9.17, 15) is 27.6 Å². The Morgan fingerprint density at radius 1 is 1.15 bits per heavy atom. The van der Waals surface area contributed by atoms with Gasteiger partial charge in [0.05, 0.1) is 30.6 Å². The zero-order valence-corrected chi connectivity index (χ0v) is 21.7. The first-order valence-corrected chi connectivity index (χ1v) is 13.1. The van der Waals surface area contributed by atoms with Crippen LogP contribution in [0.5, 0.6) is 0 Å². The number of pyridine rings is 2. The molecule has 2 aliphatic rings. The largest absolute Gasteiger partial charge is 0.421 e. The van der Waals surface area contributed by atoms with E-state index in [2.05, 4.69) is 31.4 Å². The Labute approximate surface area is 231 Å². The minimum atomic E-state index is -4.80. The molecule has 0 saturated carbocycles. The lowest BCUT2D eigenvalue weighted by Crippen LogP contribution is -2.63. The summed E-state index contributed by atoms with van der Waals surface area (Å²) in [6, 6.07) is 4.43. The van der Waals surface area contributed by atoms with Crippen LogP contribution in [0.25, 0.3) is 22.2 Å². The molecule has 2 amide bonds. The van der Waals surface area contributed by atoms with Crippen molar-refractivity contribution in [3.8, 4) is 17.2 Å². The summed E-state index contributed by atoms with van der Waals surface area (Å²) in [5.74, 6) is -1.11. The summed E-state index contributed by atoms with van der Waals surface area (Å²) in [5.41, 5.74) is -0.920. The molecule has 4 aromatic rings. The molecule has 41 heavy (non-hydrogen) atoms. The summed E-state index contributed by atoms with van der Waals surface area (Å²) in [6.45, 7) is 1.01. The number of urea groups is 1. The zero-order valence-electron chi connectivity index (χ0n) is 21.7. The first-order chi connectivity index (χ1) is 19.7. The van der Waals surface area contributed by atoms with Gasteiger partial charge in [0.15, 0.2) is 0 Å². The fraction of sp³-hybridized carbons (Fsp3) is 0.370. The number of rotatable bonds is 5. The van der Waals surface area contributed by atoms with Gasteiger partial charge in [0.2, 0.25) is 0 Å². The van der Waals surface area contributed by atoms with E-state index in [1.807, 2.05) is 0 Å². The summed E-state index contributed by atoms with van der Waals surface area (Å²) in [4.78, 5) is 26.5. The maximum atomic E-state index is 14.8. The highest BCUT2D eigenvalue weighted by Gasteiger charge is 2.49. The Bertz CT molecular complexity index is 1640. The molecule has 10 nitrogen and oxygen atoms in total. The van der Waals surface area contributed by atoms with Crippen LogP contribution < -0.4 is 10.2 Å². The average Bonchev–Trinajstić information content (AvgIpc) is 3.61. The molecular weight excluding hydrogens is 542 g/mol. The van der Waals surface area contributed by atoms with E-state index in [0.717, 1.165) is 25.5 Å². The molecule has 0 spiro atoms. The van der Waals surface area contributed by atoms with Crippen LogP contribution in [0, 0.1) is 17.1 Å². The molecule has 0 atom stereocenters. The van der Waals surface area contributed by atoms with E-state index in [0.29, 0.717) is 29.7 Å². The second-order valence-electron chi connectivity index (χ2n) is 10.3. The molecule has 0 aliphatic carbocycles. The number of nitriles is 1. The number of aromatic amines is 1. The normalized spacial score (nSPS) is 16.9. The highest BCUT2D eigenvalue weighted by atomic mass is 19.4. The lowest BCUT2D eigenvalue weighted by Gasteiger charge is -2.50. The molecule has 0 radical (unpaired) electrons. The molecule has 6 rings (SSSR count). The summed E-state index contributed by atoms with van der Waals surface area (Å²) >= 11 is 0. The number of hydrogen-bond donors (Lipinski definition) is 2. The average molecular weight is 568 g/mol. The second-order valence-corrected chi connectivity index (χ2v) is 10.3. The van der Waals surface area contributed by atoms with Crippen LogP contribution in [0.1, 0.15) is 31.2 Å². The number of H-pyrrole nitrogens is 1. The Morgan fingerprint density at radius 3 is 2.66 bits per heavy atom. The fourth-order valence-electron chi connectivity index (χ4n) is 5.67. The van der Waals surface area contributed by atoms with Crippen molar-refractivity contribution in [3.05, 3.63) is 54.5 Å². The number of hydrogen-bond acceptors (Lipinski definition) is 6. The van der Waals surface area contributed by atoms with Crippen molar-refractivity contribution in [2.45, 2.75) is 37.4 Å². The standard InChI is InChI=1S/C27H25F4N9O/c28-19-13-35-23-18(4-8-33-23)21(19)17-12-36-40(14-17)26(6-7-32)15-39(16-26)20-5-9-34-24(22(20)27(29,30)31)37-25(41)38-10-2-1-3-11-38/h4-5,8-9,12-14H,1-3,6,10-11,15-16H2,(H,33,35)(H,34,37,41). The predicted octanol–water partition coefficient (Wildman–Crippen LogP) is 5.13. The molecule has 0 aromatic carbocycles. The molecule has 212 valence electrons. The number of carbonyl (C=O) groups is 1. The maximum absolute atomic E-state index is 14.8. The third-order valence-corrected chi connectivity index (χ3v) is 7.70. The van der Waals surface area contributed by atoms with Gasteiger partial charge in [-0.3, -0.25) is 10.00 Å². The number of nitrogens with zero attached hydrogens (tertiary/aromatic N) is 7. The molecule has 4 aromatic heterocycles. The molecule has 0 unspecified atom stereocenters. The number of fused-ring (bicyclic) bond motifs is 1. The Balaban J connectivity index is 1.29. The van der Waals surface area contributed by atoms with Gasteiger partial charge in [-0.05, 0) is 31.4 Å². The summed E-state index contributed by atoms with van der Waals surface area (Å²) < 4.78 is 59.4. The minimum Gasteiger partial charge on any atom is -0.366 e. The number of halogens is 4. The van der Waals surface area contributed by atoms with Crippen LogP contribution in [0.15, 0.2) is 43.1 Å². The van der Waals surface area contributed by atoms with Crippen LogP contribution in [0.3, 0.4) is 0 Å². The molecule has 2 aliphatic heterocycles. The summed E-state index contributed by atoms with van der Waals surface area (Å²) in [6.07, 6.45) is 4.75. The van der Waals surface area contributed by atoms with Gasteiger partial charge in [0, 0.05) is 61.3 Å². The van der Waals surface area contributed by atoms with Crippen molar-refractivity contribution in [1.82, 2.24) is 29.6 Å². The van der Waals surface area contributed by atoms with E-state index in [4.69, 9.17) is 0 Å². The van der Waals surface area contributed by atoms with Crippen LogP contribution in [-0.2, 0) is 11.7 Å². The number of carbonyl (C=O) groups excluding carboxylic acids is 1. The van der Waals surface area contributed by atoms with E-state index in [-0.39, 0.29) is 30.8 Å². The van der Waals surface area contributed by atoms with Gasteiger partial charge in [-0.25, -0.2) is 19.2 Å². The van der Waals surface area contributed by atoms with Crippen molar-refractivity contribution < 1.29 is 22.4 Å². The number of anilines is 2. The van der Waals surface area contributed by atoms with Crippen LogP contribution in [0.2, 0.25) is 0 Å². The Kier molecular flexibility index (Phi) is 6.51. The first kappa shape index (κ1) is 26.5. The molecule has 14 heteroatoms. The summed E-state index contributed by atoms with van der Waals surface area (Å²) in [7, 11) is 0. The van der Waals surface area contributed by atoms with Gasteiger partial charge in [-0.1, -0.05) is 0 Å². The number of amides is 2. The predicted molar refractivity (Wildman–Crippen MR) is 141 cm³/mol. The minimum absolute atomic E-state index is 0.0337. The van der Waals surface area contributed by atoms with Gasteiger partial charge in [-0.2, -0.15) is 23.5 Å². The quantitative estimate of drug-likeness (QED) is 0.323. The number of likely N-dealkylation sites (tertiary alicyclic amines) is 1. The lowest BCUT2D eigenvalue weighted by atomic mass is 9.85. The van der Waals surface area contributed by atoms with Crippen molar-refractivity contribution in [2.75, 3.05) is 36.4 Å². The Morgan fingerprint density at radius 2 is 1.93 bits per heavy atom. The van der Waals surface area contributed by atoms with E-state index < -0.39 is 34.9 Å². The summed E-state index contributed by atoms with van der Waals surface area (Å²) in [5, 5.41) is 16.9. The van der Waals surface area contributed by atoms with E-state index >= 15 is 0 Å². The van der Waals surface area contributed by atoms with Gasteiger partial charge in [0.1, 0.15) is 28.4 Å². The van der Waals surface area contributed by atoms with Crippen molar-refractivity contribution >= 4 is 28.6 Å². The monoisotopic (exact) mass is 567 g/mol. The number of piperidine rings is 1. The van der Waals surface area contributed by atoms with Crippen molar-refractivity contribution in [1.29, 1.82) is 5.26 Å². The molecular formula is C27H25F4N9O. The fourth-order valence-corrected chi connectivity index (χ4v) is 5.67.